The lowest BCUT2D eigenvalue weighted by atomic mass is 10.1. The quantitative estimate of drug-likeness (QED) is 0.549. The van der Waals surface area contributed by atoms with E-state index < -0.39 is 0 Å². The Kier molecular flexibility index (Phi) is 10.4. The summed E-state index contributed by atoms with van der Waals surface area (Å²) < 4.78 is 0. The molecule has 0 saturated heterocycles. The Hall–Kier alpha value is -0.370. The van der Waals surface area contributed by atoms with Gasteiger partial charge in [-0.1, -0.05) is 32.6 Å². The van der Waals surface area contributed by atoms with Crippen LogP contribution >= 0.6 is 0 Å². The topological polar surface area (TPSA) is 43.1 Å². The highest BCUT2D eigenvalue weighted by molar-refractivity contribution is 5.78. The molecule has 0 fully saturated rings. The zero-order valence-electron chi connectivity index (χ0n) is 9.56. The predicted octanol–water partition coefficient (Wildman–Crippen LogP) is 3.05. The van der Waals surface area contributed by atoms with Crippen molar-refractivity contribution in [1.82, 2.24) is 0 Å². The number of nitrogens with two attached hydrogens (primary N) is 1. The summed E-state index contributed by atoms with van der Waals surface area (Å²) in [6.07, 6.45) is 9.63. The van der Waals surface area contributed by atoms with Gasteiger partial charge in [0.2, 0.25) is 0 Å². The molecule has 0 spiro atoms. The van der Waals surface area contributed by atoms with Crippen molar-refractivity contribution in [3.05, 3.63) is 0 Å². The number of carbonyl (C=O) groups excluding carboxylic acids is 1. The van der Waals surface area contributed by atoms with Gasteiger partial charge in [-0.15, -0.1) is 0 Å². The van der Waals surface area contributed by atoms with Gasteiger partial charge in [-0.25, -0.2) is 0 Å². The van der Waals surface area contributed by atoms with Crippen LogP contribution in [-0.2, 0) is 4.79 Å². The number of hydrogen-bond donors (Lipinski definition) is 1. The minimum Gasteiger partial charge on any atom is -0.330 e. The number of carbonyl (C=O) groups is 1. The van der Waals surface area contributed by atoms with Crippen LogP contribution in [0.5, 0.6) is 0 Å². The molecule has 0 heterocycles. The molecular formula is C12H25NO. The number of unbranched alkanes of at least 4 members (excludes halogenated alkanes) is 5. The molecule has 0 rings (SSSR count). The molecule has 0 aliphatic heterocycles. The summed E-state index contributed by atoms with van der Waals surface area (Å²) in [4.78, 5) is 11.3. The summed E-state index contributed by atoms with van der Waals surface area (Å²) in [5, 5.41) is 0. The van der Waals surface area contributed by atoms with E-state index in [1.807, 2.05) is 0 Å². The van der Waals surface area contributed by atoms with Gasteiger partial charge < -0.3 is 5.73 Å². The van der Waals surface area contributed by atoms with Gasteiger partial charge in [0.1, 0.15) is 5.78 Å². The van der Waals surface area contributed by atoms with Crippen LogP contribution in [0, 0.1) is 0 Å². The molecule has 0 saturated carbocycles. The van der Waals surface area contributed by atoms with E-state index in [9.17, 15) is 4.79 Å². The van der Waals surface area contributed by atoms with Crippen LogP contribution in [0.3, 0.4) is 0 Å². The van der Waals surface area contributed by atoms with E-state index in [4.69, 9.17) is 5.73 Å². The molecule has 2 N–H and O–H groups in total. The fourth-order valence-corrected chi connectivity index (χ4v) is 1.50. The molecule has 0 aromatic rings. The van der Waals surface area contributed by atoms with Crippen molar-refractivity contribution in [2.75, 3.05) is 6.54 Å². The molecule has 2 heteroatoms. The van der Waals surface area contributed by atoms with Crippen LogP contribution in [0.4, 0.5) is 0 Å². The lowest BCUT2D eigenvalue weighted by Crippen LogP contribution is -1.99. The molecule has 2 nitrogen and oxygen atoms in total. The highest BCUT2D eigenvalue weighted by Crippen LogP contribution is 2.07. The molecule has 84 valence electrons. The summed E-state index contributed by atoms with van der Waals surface area (Å²) in [5.74, 6) is 0.450. The Labute approximate surface area is 88.3 Å². The number of ketones is 1. The van der Waals surface area contributed by atoms with E-state index >= 15 is 0 Å². The monoisotopic (exact) mass is 199 g/mol. The standard InChI is InChI=1S/C12H25NO/c1-2-3-9-12(14)10-7-5-4-6-8-11-13/h2-11,13H2,1H3. The molecule has 0 unspecified atom stereocenters. The minimum absolute atomic E-state index is 0.450. The third-order valence-electron chi connectivity index (χ3n) is 2.47. The van der Waals surface area contributed by atoms with Crippen LogP contribution in [0.2, 0.25) is 0 Å². The summed E-state index contributed by atoms with van der Waals surface area (Å²) in [6, 6.07) is 0. The molecule has 0 radical (unpaired) electrons. The van der Waals surface area contributed by atoms with Crippen molar-refractivity contribution < 1.29 is 4.79 Å². The maximum atomic E-state index is 11.3. The Morgan fingerprint density at radius 2 is 1.50 bits per heavy atom. The Morgan fingerprint density at radius 1 is 0.929 bits per heavy atom. The first-order valence-electron chi connectivity index (χ1n) is 6.03. The van der Waals surface area contributed by atoms with Gasteiger partial charge in [0.15, 0.2) is 0 Å². The number of Topliss-reactive ketones (excluding diaryl/α,β-unsaturated/α-hetero) is 1. The largest absolute Gasteiger partial charge is 0.330 e. The van der Waals surface area contributed by atoms with Crippen LogP contribution < -0.4 is 5.73 Å². The Balaban J connectivity index is 3.07. The summed E-state index contributed by atoms with van der Waals surface area (Å²) in [7, 11) is 0. The van der Waals surface area contributed by atoms with E-state index in [2.05, 4.69) is 6.92 Å². The third-order valence-corrected chi connectivity index (χ3v) is 2.47. The minimum atomic E-state index is 0.450. The maximum absolute atomic E-state index is 11.3. The number of hydrogen-bond acceptors (Lipinski definition) is 2. The molecule has 0 bridgehead atoms. The molecule has 0 amide bonds. The molecule has 0 aromatic carbocycles. The van der Waals surface area contributed by atoms with Crippen LogP contribution in [0.15, 0.2) is 0 Å². The van der Waals surface area contributed by atoms with Crippen molar-refractivity contribution in [2.24, 2.45) is 5.73 Å². The predicted molar refractivity (Wildman–Crippen MR) is 61.3 cm³/mol. The van der Waals surface area contributed by atoms with Gasteiger partial charge in [-0.3, -0.25) is 4.79 Å². The second-order valence-corrected chi connectivity index (χ2v) is 3.95. The number of rotatable bonds is 10. The summed E-state index contributed by atoms with van der Waals surface area (Å²) in [5.41, 5.74) is 5.39. The van der Waals surface area contributed by atoms with E-state index in [1.165, 1.54) is 19.3 Å². The van der Waals surface area contributed by atoms with E-state index in [1.54, 1.807) is 0 Å². The first kappa shape index (κ1) is 13.6. The van der Waals surface area contributed by atoms with E-state index in [0.29, 0.717) is 5.78 Å². The lowest BCUT2D eigenvalue weighted by Gasteiger charge is -2.00. The van der Waals surface area contributed by atoms with Gasteiger partial charge in [0, 0.05) is 12.8 Å². The third kappa shape index (κ3) is 9.72. The van der Waals surface area contributed by atoms with Gasteiger partial charge in [0.25, 0.3) is 0 Å². The Bertz CT molecular complexity index is 134. The average molecular weight is 199 g/mol. The first-order chi connectivity index (χ1) is 6.81. The Morgan fingerprint density at radius 3 is 2.14 bits per heavy atom. The van der Waals surface area contributed by atoms with Crippen LogP contribution in [0.25, 0.3) is 0 Å². The van der Waals surface area contributed by atoms with E-state index in [-0.39, 0.29) is 0 Å². The molecule has 0 atom stereocenters. The summed E-state index contributed by atoms with van der Waals surface area (Å²) in [6.45, 7) is 2.93. The van der Waals surface area contributed by atoms with Crippen molar-refractivity contribution in [3.8, 4) is 0 Å². The second kappa shape index (κ2) is 10.7. The fraction of sp³-hybridized carbons (Fsp3) is 0.917. The van der Waals surface area contributed by atoms with Crippen molar-refractivity contribution in [1.29, 1.82) is 0 Å². The average Bonchev–Trinajstić information content (AvgIpc) is 2.20. The second-order valence-electron chi connectivity index (χ2n) is 3.95. The van der Waals surface area contributed by atoms with Gasteiger partial charge >= 0.3 is 0 Å². The van der Waals surface area contributed by atoms with Crippen LogP contribution in [-0.4, -0.2) is 12.3 Å². The molecule has 0 aliphatic rings. The highest BCUT2D eigenvalue weighted by Gasteiger charge is 2.00. The van der Waals surface area contributed by atoms with Gasteiger partial charge in [0.05, 0.1) is 0 Å². The van der Waals surface area contributed by atoms with Gasteiger partial charge in [-0.2, -0.15) is 0 Å². The normalized spacial score (nSPS) is 10.4. The SMILES string of the molecule is CCCCC(=O)CCCCCCCN. The summed E-state index contributed by atoms with van der Waals surface area (Å²) >= 11 is 0. The van der Waals surface area contributed by atoms with E-state index in [0.717, 1.165) is 45.1 Å². The zero-order chi connectivity index (χ0) is 10.6. The van der Waals surface area contributed by atoms with Gasteiger partial charge in [-0.05, 0) is 25.8 Å². The highest BCUT2D eigenvalue weighted by atomic mass is 16.1. The first-order valence-corrected chi connectivity index (χ1v) is 6.03. The lowest BCUT2D eigenvalue weighted by molar-refractivity contribution is -0.119. The smallest absolute Gasteiger partial charge is 0.132 e. The van der Waals surface area contributed by atoms with Crippen molar-refractivity contribution >= 4 is 5.78 Å². The molecular weight excluding hydrogens is 174 g/mol. The molecule has 0 aromatic heterocycles. The van der Waals surface area contributed by atoms with Crippen molar-refractivity contribution in [2.45, 2.75) is 64.7 Å². The fourth-order valence-electron chi connectivity index (χ4n) is 1.50. The zero-order valence-corrected chi connectivity index (χ0v) is 9.56. The van der Waals surface area contributed by atoms with Crippen LogP contribution in [0.1, 0.15) is 64.7 Å². The van der Waals surface area contributed by atoms with Crippen molar-refractivity contribution in [3.63, 3.8) is 0 Å². The maximum Gasteiger partial charge on any atom is 0.132 e. The molecule has 0 aliphatic carbocycles. The molecule has 14 heavy (non-hydrogen) atoms.